The molecule has 0 rings (SSSR count). The summed E-state index contributed by atoms with van der Waals surface area (Å²) in [5, 5.41) is 2.31. The van der Waals surface area contributed by atoms with E-state index in [2.05, 4.69) is 5.32 Å². The molecule has 0 radical (unpaired) electrons. The molecule has 4 nitrogen and oxygen atoms in total. The van der Waals surface area contributed by atoms with Crippen LogP contribution in [0.5, 0.6) is 0 Å². The second-order valence-electron chi connectivity index (χ2n) is 2.05. The highest BCUT2D eigenvalue weighted by atomic mass is 16.2. The number of carbonyl (C=O) groups is 2. The molecule has 80 valence electrons. The molecule has 0 heterocycles. The third kappa shape index (κ3) is 5.99. The van der Waals surface area contributed by atoms with E-state index in [1.54, 1.807) is 19.1 Å². The molecule has 0 atom stereocenters. The first-order chi connectivity index (χ1) is 6.63. The van der Waals surface area contributed by atoms with Crippen LogP contribution in [0.15, 0.2) is 23.8 Å². The Balaban J connectivity index is 0. The van der Waals surface area contributed by atoms with Gasteiger partial charge in [-0.05, 0) is 13.0 Å². The Hall–Kier alpha value is -1.58. The monoisotopic (exact) mass is 198 g/mol. The molecule has 0 saturated heterocycles. The summed E-state index contributed by atoms with van der Waals surface area (Å²) in [7, 11) is 1.44. The summed E-state index contributed by atoms with van der Waals surface area (Å²) in [6.45, 7) is 5.78. The summed E-state index contributed by atoms with van der Waals surface area (Å²) < 4.78 is 0. The molecule has 0 fully saturated rings. The van der Waals surface area contributed by atoms with Gasteiger partial charge in [-0.2, -0.15) is 0 Å². The van der Waals surface area contributed by atoms with Crippen LogP contribution in [0.4, 0.5) is 0 Å². The number of likely N-dealkylation sites (N-methyl/N-ethyl adjacent to an activating group) is 1. The Kier molecular flexibility index (Phi) is 10.1. The molecule has 0 aliphatic heterocycles. The van der Waals surface area contributed by atoms with Gasteiger partial charge in [-0.1, -0.05) is 26.0 Å². The minimum Gasteiger partial charge on any atom is -0.365 e. The van der Waals surface area contributed by atoms with Crippen molar-refractivity contribution in [2.45, 2.75) is 20.8 Å². The third-order valence-corrected chi connectivity index (χ3v) is 1.19. The standard InChI is InChI=1S/C8H12N2O2.C2H6/c1-3-4-5-6(7(9)11)8(12)10-2;1-2/h3-5H,1-2H3,(H2,9,11)(H,10,12);1-2H3/b4-3-,6-5-;. The molecule has 2 amide bonds. The van der Waals surface area contributed by atoms with Crippen LogP contribution in [-0.2, 0) is 9.59 Å². The molecule has 0 bridgehead atoms. The van der Waals surface area contributed by atoms with Crippen LogP contribution < -0.4 is 11.1 Å². The summed E-state index contributed by atoms with van der Waals surface area (Å²) >= 11 is 0. The van der Waals surface area contributed by atoms with E-state index in [1.165, 1.54) is 13.1 Å². The van der Waals surface area contributed by atoms with Crippen molar-refractivity contribution in [1.29, 1.82) is 0 Å². The minimum atomic E-state index is -0.729. The van der Waals surface area contributed by atoms with Crippen molar-refractivity contribution in [2.75, 3.05) is 7.05 Å². The highest BCUT2D eigenvalue weighted by Gasteiger charge is 2.11. The number of primary amides is 1. The number of allylic oxidation sites excluding steroid dienone is 3. The molecule has 0 aromatic heterocycles. The normalized spacial score (nSPS) is 10.4. The van der Waals surface area contributed by atoms with Crippen molar-refractivity contribution in [2.24, 2.45) is 5.73 Å². The Morgan fingerprint density at radius 2 is 1.79 bits per heavy atom. The molecule has 0 aliphatic carbocycles. The Morgan fingerprint density at radius 3 is 2.07 bits per heavy atom. The van der Waals surface area contributed by atoms with Gasteiger partial charge in [0.1, 0.15) is 5.57 Å². The number of hydrogen-bond acceptors (Lipinski definition) is 2. The SMILES string of the molecule is C/C=C\C=C(\C(N)=O)C(=O)NC.CC. The smallest absolute Gasteiger partial charge is 0.256 e. The molecule has 3 N–H and O–H groups in total. The number of carbonyl (C=O) groups excluding carboxylic acids is 2. The summed E-state index contributed by atoms with van der Waals surface area (Å²) in [5.41, 5.74) is 4.91. The molecule has 0 saturated carbocycles. The van der Waals surface area contributed by atoms with Gasteiger partial charge in [-0.15, -0.1) is 0 Å². The fourth-order valence-electron chi connectivity index (χ4n) is 0.597. The van der Waals surface area contributed by atoms with E-state index in [0.717, 1.165) is 0 Å². The molecule has 0 unspecified atom stereocenters. The Morgan fingerprint density at radius 1 is 1.29 bits per heavy atom. The van der Waals surface area contributed by atoms with E-state index in [1.807, 2.05) is 13.8 Å². The van der Waals surface area contributed by atoms with Gasteiger partial charge in [0.2, 0.25) is 0 Å². The van der Waals surface area contributed by atoms with Gasteiger partial charge in [0.25, 0.3) is 11.8 Å². The lowest BCUT2D eigenvalue weighted by Crippen LogP contribution is -2.28. The van der Waals surface area contributed by atoms with Gasteiger partial charge in [-0.3, -0.25) is 9.59 Å². The van der Waals surface area contributed by atoms with E-state index in [0.29, 0.717) is 0 Å². The third-order valence-electron chi connectivity index (χ3n) is 1.19. The number of hydrogen-bond donors (Lipinski definition) is 2. The zero-order valence-electron chi connectivity index (χ0n) is 9.13. The maximum absolute atomic E-state index is 10.9. The van der Waals surface area contributed by atoms with Gasteiger partial charge in [0.15, 0.2) is 0 Å². The van der Waals surface area contributed by atoms with Gasteiger partial charge >= 0.3 is 0 Å². The molecule has 14 heavy (non-hydrogen) atoms. The van der Waals surface area contributed by atoms with Crippen LogP contribution >= 0.6 is 0 Å². The highest BCUT2D eigenvalue weighted by Crippen LogP contribution is 1.93. The quantitative estimate of drug-likeness (QED) is 0.304. The largest absolute Gasteiger partial charge is 0.365 e. The fraction of sp³-hybridized carbons (Fsp3) is 0.400. The van der Waals surface area contributed by atoms with Gasteiger partial charge in [0.05, 0.1) is 0 Å². The second kappa shape index (κ2) is 9.51. The number of nitrogens with one attached hydrogen (secondary N) is 1. The molecule has 0 aliphatic rings. The predicted octanol–water partition coefficient (Wildman–Crippen LogP) is 0.746. The lowest BCUT2D eigenvalue weighted by Gasteiger charge is -1.98. The van der Waals surface area contributed by atoms with Crippen molar-refractivity contribution < 1.29 is 9.59 Å². The van der Waals surface area contributed by atoms with Crippen LogP contribution in [0.25, 0.3) is 0 Å². The second-order valence-corrected chi connectivity index (χ2v) is 2.05. The van der Waals surface area contributed by atoms with Crippen molar-refractivity contribution in [3.63, 3.8) is 0 Å². The van der Waals surface area contributed by atoms with Crippen molar-refractivity contribution >= 4 is 11.8 Å². The van der Waals surface area contributed by atoms with Crippen LogP contribution in [-0.4, -0.2) is 18.9 Å². The summed E-state index contributed by atoms with van der Waals surface area (Å²) in [5.74, 6) is -1.20. The first kappa shape index (κ1) is 14.9. The molecule has 0 aromatic rings. The number of rotatable bonds is 3. The summed E-state index contributed by atoms with van der Waals surface area (Å²) in [4.78, 5) is 21.6. The van der Waals surface area contributed by atoms with Gasteiger partial charge < -0.3 is 11.1 Å². The predicted molar refractivity (Wildman–Crippen MR) is 57.5 cm³/mol. The molecule has 0 spiro atoms. The highest BCUT2D eigenvalue weighted by molar-refractivity contribution is 6.17. The average molecular weight is 198 g/mol. The van der Waals surface area contributed by atoms with Crippen LogP contribution in [0.2, 0.25) is 0 Å². The topological polar surface area (TPSA) is 72.2 Å². The Bertz CT molecular complexity index is 243. The van der Waals surface area contributed by atoms with E-state index >= 15 is 0 Å². The summed E-state index contributed by atoms with van der Waals surface area (Å²) in [6, 6.07) is 0. The number of amides is 2. The first-order valence-electron chi connectivity index (χ1n) is 4.48. The lowest BCUT2D eigenvalue weighted by atomic mass is 10.2. The van der Waals surface area contributed by atoms with E-state index < -0.39 is 11.8 Å². The maximum atomic E-state index is 10.9. The van der Waals surface area contributed by atoms with Crippen molar-refractivity contribution in [3.8, 4) is 0 Å². The van der Waals surface area contributed by atoms with E-state index in [9.17, 15) is 9.59 Å². The number of nitrogens with two attached hydrogens (primary N) is 1. The minimum absolute atomic E-state index is 0.0457. The zero-order valence-corrected chi connectivity index (χ0v) is 9.13. The molecular weight excluding hydrogens is 180 g/mol. The lowest BCUT2D eigenvalue weighted by molar-refractivity contribution is -0.121. The molecule has 0 aromatic carbocycles. The van der Waals surface area contributed by atoms with E-state index in [-0.39, 0.29) is 5.57 Å². The first-order valence-corrected chi connectivity index (χ1v) is 4.48. The van der Waals surface area contributed by atoms with Crippen LogP contribution in [0.1, 0.15) is 20.8 Å². The van der Waals surface area contributed by atoms with E-state index in [4.69, 9.17) is 5.73 Å². The van der Waals surface area contributed by atoms with Gasteiger partial charge in [-0.25, -0.2) is 0 Å². The zero-order chi connectivity index (χ0) is 11.6. The van der Waals surface area contributed by atoms with Crippen molar-refractivity contribution in [3.05, 3.63) is 23.8 Å². The fourth-order valence-corrected chi connectivity index (χ4v) is 0.597. The van der Waals surface area contributed by atoms with Crippen molar-refractivity contribution in [1.82, 2.24) is 5.32 Å². The Labute approximate surface area is 84.9 Å². The molecular formula is C10H18N2O2. The summed E-state index contributed by atoms with van der Waals surface area (Å²) in [6.07, 6.45) is 4.66. The van der Waals surface area contributed by atoms with Gasteiger partial charge in [0, 0.05) is 7.05 Å². The maximum Gasteiger partial charge on any atom is 0.256 e. The van der Waals surface area contributed by atoms with Crippen LogP contribution in [0, 0.1) is 0 Å². The molecule has 4 heteroatoms. The average Bonchev–Trinajstić information content (AvgIpc) is 2.20. The van der Waals surface area contributed by atoms with Crippen LogP contribution in [0.3, 0.4) is 0 Å².